The number of hydrogen-bond acceptors (Lipinski definition) is 6. The molecule has 0 spiro atoms. The molecule has 1 aliphatic rings. The number of Topliss-reactive ketones (excluding diaryl/α,β-unsaturated/α-hetero) is 1. The average molecular weight is 773 g/mol. The normalized spacial score (nSPS) is 16.2. The third-order valence-corrected chi connectivity index (χ3v) is 11.2. The smallest absolute Gasteiger partial charge is 0.328 e. The topological polar surface area (TPSA) is 125 Å². The van der Waals surface area contributed by atoms with Gasteiger partial charge in [0.2, 0.25) is 0 Å². The summed E-state index contributed by atoms with van der Waals surface area (Å²) in [7, 11) is 0. The first-order valence-electron chi connectivity index (χ1n) is 19.1. The van der Waals surface area contributed by atoms with Crippen molar-refractivity contribution in [2.75, 3.05) is 10.6 Å². The molecular formula is C44H57ClN4O6. The molecule has 3 aromatic rings. The van der Waals surface area contributed by atoms with Crippen LogP contribution < -0.4 is 15.4 Å². The molecule has 3 unspecified atom stereocenters. The van der Waals surface area contributed by atoms with Gasteiger partial charge in [-0.05, 0) is 72.4 Å². The van der Waals surface area contributed by atoms with Gasteiger partial charge in [0.25, 0.3) is 17.7 Å². The van der Waals surface area contributed by atoms with E-state index < -0.39 is 53.1 Å². The lowest BCUT2D eigenvalue weighted by Crippen LogP contribution is -2.55. The fourth-order valence-corrected chi connectivity index (χ4v) is 6.46. The highest BCUT2D eigenvalue weighted by atomic mass is 35.5. The maximum atomic E-state index is 14.1. The monoisotopic (exact) mass is 772 g/mol. The number of amides is 5. The van der Waals surface area contributed by atoms with Crippen molar-refractivity contribution in [1.82, 2.24) is 9.80 Å². The lowest BCUT2D eigenvalue weighted by molar-refractivity contribution is -0.143. The Morgan fingerprint density at radius 2 is 1.45 bits per heavy atom. The zero-order valence-corrected chi connectivity index (χ0v) is 34.9. The summed E-state index contributed by atoms with van der Waals surface area (Å²) in [6.45, 7) is 21.5. The number of carbonyl (C=O) groups excluding carboxylic acids is 5. The minimum absolute atomic E-state index is 0.0267. The lowest BCUT2D eigenvalue weighted by atomic mass is 9.76. The van der Waals surface area contributed by atoms with E-state index in [-0.39, 0.29) is 28.1 Å². The number of anilines is 2. The van der Waals surface area contributed by atoms with Crippen LogP contribution in [0.2, 0.25) is 5.02 Å². The van der Waals surface area contributed by atoms with Gasteiger partial charge in [-0.15, -0.1) is 0 Å². The molecule has 3 aromatic carbocycles. The van der Waals surface area contributed by atoms with Crippen LogP contribution in [0, 0.1) is 5.41 Å². The first-order chi connectivity index (χ1) is 25.7. The van der Waals surface area contributed by atoms with Crippen LogP contribution in [0.4, 0.5) is 16.2 Å². The van der Waals surface area contributed by atoms with Gasteiger partial charge in [0.15, 0.2) is 17.9 Å². The van der Waals surface area contributed by atoms with Gasteiger partial charge in [-0.25, -0.2) is 9.69 Å². The number of rotatable bonds is 15. The van der Waals surface area contributed by atoms with Crippen LogP contribution in [0.15, 0.2) is 66.7 Å². The van der Waals surface area contributed by atoms with Crippen molar-refractivity contribution in [3.63, 3.8) is 0 Å². The molecular weight excluding hydrogens is 716 g/mol. The van der Waals surface area contributed by atoms with Gasteiger partial charge in [-0.2, -0.15) is 0 Å². The molecule has 0 radical (unpaired) electrons. The number of imide groups is 1. The predicted octanol–water partition coefficient (Wildman–Crippen LogP) is 9.29. The van der Waals surface area contributed by atoms with Crippen molar-refractivity contribution in [1.29, 1.82) is 0 Å². The van der Waals surface area contributed by atoms with E-state index in [0.717, 1.165) is 28.9 Å². The molecule has 0 saturated carbocycles. The molecule has 296 valence electrons. The minimum Gasteiger partial charge on any atom is -0.480 e. The van der Waals surface area contributed by atoms with Crippen molar-refractivity contribution in [2.24, 2.45) is 5.41 Å². The van der Waals surface area contributed by atoms with Gasteiger partial charge in [0, 0.05) is 23.2 Å². The molecule has 1 saturated heterocycles. The van der Waals surface area contributed by atoms with Crippen LogP contribution in [0.1, 0.15) is 112 Å². The van der Waals surface area contributed by atoms with Gasteiger partial charge in [-0.1, -0.05) is 123 Å². The quantitative estimate of drug-likeness (QED) is 0.117. The van der Waals surface area contributed by atoms with Crippen LogP contribution in [0.5, 0.6) is 5.75 Å². The number of nitrogens with one attached hydrogen (secondary N) is 2. The molecule has 10 nitrogen and oxygen atoms in total. The average Bonchev–Trinajstić information content (AvgIpc) is 3.34. The fraction of sp³-hybridized carbons (Fsp3) is 0.477. The molecule has 4 rings (SSSR count). The van der Waals surface area contributed by atoms with Crippen LogP contribution in [0.25, 0.3) is 0 Å². The number of carbonyl (C=O) groups is 5. The Morgan fingerprint density at radius 1 is 0.818 bits per heavy atom. The van der Waals surface area contributed by atoms with E-state index in [4.69, 9.17) is 16.3 Å². The standard InChI is InChI=1S/C44H57ClN4O6/c1-12-34(55-35-23-20-29(43(8,9)13-2)24-31(35)44(10,11)14-3)38(51)46-30-21-22-32(45)33(25-30)47-39(52)36(37(50)42(5,6)7)49-40(53)27(4)48(41(49)54)26-28-18-16-15-17-19-28/h15-25,27,34,36H,12-14,26H2,1-11H3,(H,46,51)(H,47,52). The van der Waals surface area contributed by atoms with E-state index in [2.05, 4.69) is 64.3 Å². The summed E-state index contributed by atoms with van der Waals surface area (Å²) in [6.07, 6.45) is 1.38. The molecule has 1 heterocycles. The van der Waals surface area contributed by atoms with Gasteiger partial charge in [-0.3, -0.25) is 19.2 Å². The fourth-order valence-electron chi connectivity index (χ4n) is 6.29. The summed E-state index contributed by atoms with van der Waals surface area (Å²) in [5, 5.41) is 5.68. The Bertz CT molecular complexity index is 1920. The van der Waals surface area contributed by atoms with E-state index in [1.807, 2.05) is 43.3 Å². The summed E-state index contributed by atoms with van der Waals surface area (Å²) in [5.74, 6) is -1.95. The molecule has 0 aromatic heterocycles. The number of ether oxygens (including phenoxy) is 1. The highest BCUT2D eigenvalue weighted by Crippen LogP contribution is 2.39. The second-order valence-corrected chi connectivity index (χ2v) is 17.1. The molecule has 55 heavy (non-hydrogen) atoms. The van der Waals surface area contributed by atoms with Crippen molar-refractivity contribution in [2.45, 2.75) is 131 Å². The lowest BCUT2D eigenvalue weighted by Gasteiger charge is -2.31. The van der Waals surface area contributed by atoms with Gasteiger partial charge in [0.05, 0.1) is 10.7 Å². The Morgan fingerprint density at radius 3 is 2.04 bits per heavy atom. The molecule has 0 aliphatic carbocycles. The molecule has 5 amide bonds. The number of urea groups is 1. The van der Waals surface area contributed by atoms with Crippen LogP contribution in [-0.4, -0.2) is 57.5 Å². The van der Waals surface area contributed by atoms with Gasteiger partial charge in [0.1, 0.15) is 11.8 Å². The van der Waals surface area contributed by atoms with E-state index in [9.17, 15) is 24.0 Å². The Kier molecular flexibility index (Phi) is 13.3. The SMILES string of the molecule is CCC(Oc1ccc(C(C)(C)CC)cc1C(C)(C)CC)C(=O)Nc1ccc(Cl)c(NC(=O)C(C(=O)C(C)(C)C)N2C(=O)C(C)N(Cc3ccccc3)C2=O)c1. The van der Waals surface area contributed by atoms with Gasteiger partial charge >= 0.3 is 6.03 Å². The molecule has 1 fully saturated rings. The highest BCUT2D eigenvalue weighted by molar-refractivity contribution is 6.34. The van der Waals surface area contributed by atoms with Crippen molar-refractivity contribution >= 4 is 52.5 Å². The first kappa shape index (κ1) is 43.0. The highest BCUT2D eigenvalue weighted by Gasteiger charge is 2.52. The van der Waals surface area contributed by atoms with Crippen LogP contribution in [0.3, 0.4) is 0 Å². The van der Waals surface area contributed by atoms with E-state index in [1.54, 1.807) is 33.8 Å². The predicted molar refractivity (Wildman–Crippen MR) is 218 cm³/mol. The van der Waals surface area contributed by atoms with Gasteiger partial charge < -0.3 is 20.3 Å². The molecule has 3 atom stereocenters. The Balaban J connectivity index is 1.59. The summed E-state index contributed by atoms with van der Waals surface area (Å²) >= 11 is 6.54. The zero-order chi connectivity index (χ0) is 41.0. The zero-order valence-electron chi connectivity index (χ0n) is 34.1. The number of benzene rings is 3. The van der Waals surface area contributed by atoms with E-state index in [1.165, 1.54) is 22.6 Å². The van der Waals surface area contributed by atoms with Crippen molar-refractivity contribution < 1.29 is 28.7 Å². The third-order valence-electron chi connectivity index (χ3n) is 10.9. The second-order valence-electron chi connectivity index (χ2n) is 16.7. The molecule has 0 bridgehead atoms. The first-order valence-corrected chi connectivity index (χ1v) is 19.5. The van der Waals surface area contributed by atoms with E-state index in [0.29, 0.717) is 17.9 Å². The second kappa shape index (κ2) is 17.0. The number of halogens is 1. The molecule has 11 heteroatoms. The molecule has 2 N–H and O–H groups in total. The maximum Gasteiger partial charge on any atom is 0.328 e. The number of nitrogens with zero attached hydrogens (tertiary/aromatic N) is 2. The van der Waals surface area contributed by atoms with Crippen LogP contribution >= 0.6 is 11.6 Å². The van der Waals surface area contributed by atoms with Crippen molar-refractivity contribution in [3.05, 3.63) is 88.4 Å². The maximum absolute atomic E-state index is 14.1. The summed E-state index contributed by atoms with van der Waals surface area (Å²) in [5.41, 5.74) is 2.10. The summed E-state index contributed by atoms with van der Waals surface area (Å²) < 4.78 is 6.44. The Hall–Kier alpha value is -4.70. The van der Waals surface area contributed by atoms with Crippen LogP contribution in [-0.2, 0) is 36.6 Å². The largest absolute Gasteiger partial charge is 0.480 e. The minimum atomic E-state index is -1.77. The Labute approximate surface area is 331 Å². The third kappa shape index (κ3) is 9.58. The number of ketones is 1. The van der Waals surface area contributed by atoms with Crippen molar-refractivity contribution in [3.8, 4) is 5.75 Å². The molecule has 1 aliphatic heterocycles. The van der Waals surface area contributed by atoms with E-state index >= 15 is 0 Å². The number of hydrogen-bond donors (Lipinski definition) is 2. The summed E-state index contributed by atoms with van der Waals surface area (Å²) in [4.78, 5) is 71.2. The summed E-state index contributed by atoms with van der Waals surface area (Å²) in [6, 6.07) is 16.5.